The lowest BCUT2D eigenvalue weighted by Gasteiger charge is -2.34. The number of nitrogens with zero attached hydrogens (tertiary/aromatic N) is 2. The number of fused-ring (bicyclic) bond motifs is 2. The summed E-state index contributed by atoms with van der Waals surface area (Å²) in [6, 6.07) is 10.8. The molecule has 4 amide bonds. The van der Waals surface area contributed by atoms with E-state index < -0.39 is 47.7 Å². The van der Waals surface area contributed by atoms with Gasteiger partial charge in [-0.2, -0.15) is 0 Å². The summed E-state index contributed by atoms with van der Waals surface area (Å²) in [4.78, 5) is 81.5. The summed E-state index contributed by atoms with van der Waals surface area (Å²) in [5, 5.41) is 24.9. The van der Waals surface area contributed by atoms with E-state index >= 15 is 0 Å². The Morgan fingerprint density at radius 2 is 0.761 bits per heavy atom. The Hall–Kier alpha value is -5.38. The third-order valence-corrected chi connectivity index (χ3v) is 9.28. The van der Waals surface area contributed by atoms with Crippen molar-refractivity contribution in [2.24, 2.45) is 11.8 Å². The van der Waals surface area contributed by atoms with Crippen LogP contribution in [0, 0.1) is 11.8 Å². The number of carboxylic acid groups (broad SMARTS) is 2. The molecule has 0 unspecified atom stereocenters. The number of carboxylic acids is 2. The van der Waals surface area contributed by atoms with Crippen molar-refractivity contribution in [3.63, 3.8) is 0 Å². The third-order valence-electron chi connectivity index (χ3n) is 9.28. The molecular formula is C36H30N2O8. The van der Waals surface area contributed by atoms with Crippen molar-refractivity contribution >= 4 is 78.7 Å². The van der Waals surface area contributed by atoms with Crippen LogP contribution in [0.4, 0.5) is 0 Å². The normalized spacial score (nSPS) is 16.2. The van der Waals surface area contributed by atoms with Crippen molar-refractivity contribution in [1.29, 1.82) is 0 Å². The van der Waals surface area contributed by atoms with Gasteiger partial charge in [-0.1, -0.05) is 52.0 Å². The van der Waals surface area contributed by atoms with Gasteiger partial charge in [-0.15, -0.1) is 0 Å². The molecule has 10 nitrogen and oxygen atoms in total. The zero-order valence-corrected chi connectivity index (χ0v) is 25.6. The largest absolute Gasteiger partial charge is 0.480 e. The summed E-state index contributed by atoms with van der Waals surface area (Å²) in [5.74, 6) is -5.33. The highest BCUT2D eigenvalue weighted by Crippen LogP contribution is 2.46. The SMILES string of the molecule is CC(C)C[C@@H](C(=O)O)N1C(=O)c2ccc3c4ccc5c6c(ccc(c7ccc(c2c37)C1=O)c64)C(=O)N([C@@H](CC(C)C)C(=O)O)C5=O. The van der Waals surface area contributed by atoms with E-state index in [1.54, 1.807) is 48.5 Å². The molecule has 10 heteroatoms. The molecule has 0 spiro atoms. The fourth-order valence-electron chi connectivity index (χ4n) is 7.40. The number of carbonyl (C=O) groups is 6. The minimum atomic E-state index is -1.32. The lowest BCUT2D eigenvalue weighted by molar-refractivity contribution is -0.143. The molecule has 5 aromatic rings. The molecule has 0 radical (unpaired) electrons. The summed E-state index contributed by atoms with van der Waals surface area (Å²) in [6.07, 6.45) is 0.224. The molecule has 0 saturated carbocycles. The molecule has 0 aliphatic carbocycles. The van der Waals surface area contributed by atoms with Crippen molar-refractivity contribution in [2.45, 2.75) is 52.6 Å². The summed E-state index contributed by atoms with van der Waals surface area (Å²) in [6.45, 7) is 7.32. The van der Waals surface area contributed by atoms with E-state index in [2.05, 4.69) is 0 Å². The zero-order chi connectivity index (χ0) is 32.9. The van der Waals surface area contributed by atoms with E-state index in [-0.39, 0.29) is 46.9 Å². The fourth-order valence-corrected chi connectivity index (χ4v) is 7.40. The van der Waals surface area contributed by atoms with Gasteiger partial charge in [0.2, 0.25) is 0 Å². The van der Waals surface area contributed by atoms with Gasteiger partial charge in [-0.05, 0) is 81.3 Å². The number of hydrogen-bond donors (Lipinski definition) is 2. The number of rotatable bonds is 8. The first-order valence-electron chi connectivity index (χ1n) is 15.2. The van der Waals surface area contributed by atoms with Gasteiger partial charge in [0, 0.05) is 33.0 Å². The molecule has 7 rings (SSSR count). The molecular weight excluding hydrogens is 588 g/mol. The van der Waals surface area contributed by atoms with Crippen LogP contribution in [0.2, 0.25) is 0 Å². The van der Waals surface area contributed by atoms with Gasteiger partial charge in [-0.3, -0.25) is 29.0 Å². The number of imide groups is 2. The van der Waals surface area contributed by atoms with E-state index in [4.69, 9.17) is 0 Å². The van der Waals surface area contributed by atoms with Crippen LogP contribution >= 0.6 is 0 Å². The second-order valence-corrected chi connectivity index (χ2v) is 13.1. The third kappa shape index (κ3) is 3.88. The lowest BCUT2D eigenvalue weighted by Crippen LogP contribution is -2.51. The summed E-state index contributed by atoms with van der Waals surface area (Å²) >= 11 is 0. The van der Waals surface area contributed by atoms with Crippen LogP contribution in [-0.2, 0) is 9.59 Å². The molecule has 0 bridgehead atoms. The quantitative estimate of drug-likeness (QED) is 0.124. The second-order valence-electron chi connectivity index (χ2n) is 13.1. The molecule has 2 atom stereocenters. The molecule has 0 fully saturated rings. The first-order valence-corrected chi connectivity index (χ1v) is 15.2. The molecule has 5 aromatic carbocycles. The van der Waals surface area contributed by atoms with Gasteiger partial charge in [0.1, 0.15) is 12.1 Å². The average molecular weight is 619 g/mol. The van der Waals surface area contributed by atoms with Crippen LogP contribution in [0.5, 0.6) is 0 Å². The summed E-state index contributed by atoms with van der Waals surface area (Å²) in [5.41, 5.74) is 0.908. The molecule has 232 valence electrons. The number of aliphatic carboxylic acids is 2. The molecule has 0 saturated heterocycles. The number of carbonyl (C=O) groups excluding carboxylic acids is 4. The van der Waals surface area contributed by atoms with E-state index in [9.17, 15) is 39.0 Å². The van der Waals surface area contributed by atoms with Crippen LogP contribution in [-0.4, -0.2) is 67.7 Å². The Morgan fingerprint density at radius 3 is 0.978 bits per heavy atom. The maximum absolute atomic E-state index is 13.8. The molecule has 2 N–H and O–H groups in total. The lowest BCUT2D eigenvalue weighted by atomic mass is 9.81. The van der Waals surface area contributed by atoms with E-state index in [1.165, 1.54) is 0 Å². The van der Waals surface area contributed by atoms with Gasteiger partial charge < -0.3 is 10.2 Å². The Labute approximate surface area is 262 Å². The van der Waals surface area contributed by atoms with Gasteiger partial charge in [0.15, 0.2) is 0 Å². The fraction of sp³-hybridized carbons (Fsp3) is 0.278. The van der Waals surface area contributed by atoms with Crippen molar-refractivity contribution in [1.82, 2.24) is 9.80 Å². The maximum atomic E-state index is 13.8. The van der Waals surface area contributed by atoms with Crippen LogP contribution in [0.3, 0.4) is 0 Å². The zero-order valence-electron chi connectivity index (χ0n) is 25.6. The average Bonchev–Trinajstić information content (AvgIpc) is 3.00. The topological polar surface area (TPSA) is 149 Å². The predicted octanol–water partition coefficient (Wildman–Crippen LogP) is 5.93. The Bertz CT molecular complexity index is 1960. The second kappa shape index (κ2) is 10.1. The molecule has 2 heterocycles. The monoisotopic (exact) mass is 618 g/mol. The van der Waals surface area contributed by atoms with Gasteiger partial charge >= 0.3 is 11.9 Å². The first kappa shape index (κ1) is 29.3. The Balaban J connectivity index is 1.48. The van der Waals surface area contributed by atoms with Crippen molar-refractivity contribution in [3.8, 4) is 0 Å². The smallest absolute Gasteiger partial charge is 0.326 e. The van der Waals surface area contributed by atoms with Crippen LogP contribution < -0.4 is 0 Å². The molecule has 46 heavy (non-hydrogen) atoms. The number of benzene rings is 5. The van der Waals surface area contributed by atoms with E-state index in [0.29, 0.717) is 43.1 Å². The van der Waals surface area contributed by atoms with Crippen LogP contribution in [0.15, 0.2) is 48.5 Å². The van der Waals surface area contributed by atoms with Crippen molar-refractivity contribution in [2.75, 3.05) is 0 Å². The minimum Gasteiger partial charge on any atom is -0.480 e. The van der Waals surface area contributed by atoms with E-state index in [1.807, 2.05) is 27.7 Å². The van der Waals surface area contributed by atoms with E-state index in [0.717, 1.165) is 9.80 Å². The minimum absolute atomic E-state index is 0.0758. The molecule has 0 aromatic heterocycles. The summed E-state index contributed by atoms with van der Waals surface area (Å²) < 4.78 is 0. The number of amides is 4. The standard InChI is InChI=1S/C36H30N2O8/c1-15(2)13-25(35(43)44)37-31(39)21-9-5-17-19-7-11-23-30-24(34(42)38(33(23)41)26(36(45)46)14-16(3)4)12-8-20(28(19)30)18-6-10-22(32(37)40)29(21)27(17)18/h5-12,15-16,25-26H,13-14H2,1-4H3,(H,43,44)(H,45,46)/t25-,26-/m0/s1. The van der Waals surface area contributed by atoms with Gasteiger partial charge in [0.05, 0.1) is 0 Å². The number of hydrogen-bond acceptors (Lipinski definition) is 6. The Morgan fingerprint density at radius 1 is 0.500 bits per heavy atom. The molecule has 2 aliphatic heterocycles. The van der Waals surface area contributed by atoms with Crippen molar-refractivity contribution in [3.05, 3.63) is 70.8 Å². The molecule has 2 aliphatic rings. The highest BCUT2D eigenvalue weighted by molar-refractivity contribution is 6.41. The maximum Gasteiger partial charge on any atom is 0.326 e. The predicted molar refractivity (Wildman–Crippen MR) is 170 cm³/mol. The van der Waals surface area contributed by atoms with Crippen LogP contribution in [0.25, 0.3) is 43.1 Å². The summed E-state index contributed by atoms with van der Waals surface area (Å²) in [7, 11) is 0. The highest BCUT2D eigenvalue weighted by atomic mass is 16.4. The van der Waals surface area contributed by atoms with Gasteiger partial charge in [0.25, 0.3) is 23.6 Å². The van der Waals surface area contributed by atoms with Crippen LogP contribution in [0.1, 0.15) is 82.0 Å². The van der Waals surface area contributed by atoms with Gasteiger partial charge in [-0.25, -0.2) is 9.59 Å². The highest BCUT2D eigenvalue weighted by Gasteiger charge is 2.43. The first-order chi connectivity index (χ1) is 21.8. The van der Waals surface area contributed by atoms with Crippen molar-refractivity contribution < 1.29 is 39.0 Å². The Kier molecular flexibility index (Phi) is 6.42.